The third kappa shape index (κ3) is 4.12. The number of ketones is 2. The molecular formula is C17H18NO5S+. The molecule has 0 bridgehead atoms. The van der Waals surface area contributed by atoms with Crippen LogP contribution in [0.25, 0.3) is 0 Å². The second-order valence-corrected chi connectivity index (χ2v) is 6.76. The van der Waals surface area contributed by atoms with Crippen LogP contribution in [0.5, 0.6) is 0 Å². The molecule has 6 nitrogen and oxygen atoms in total. The van der Waals surface area contributed by atoms with E-state index < -0.39 is 10.1 Å². The summed E-state index contributed by atoms with van der Waals surface area (Å²) in [5.41, 5.74) is 0.645. The van der Waals surface area contributed by atoms with Gasteiger partial charge in [0.25, 0.3) is 10.1 Å². The SMILES string of the molecule is CC(=O)c1cccc(C(C)=O)[n+]1CCOS(=O)(=O)c1ccccc1. The number of aromatic nitrogens is 1. The van der Waals surface area contributed by atoms with Crippen molar-refractivity contribution in [2.45, 2.75) is 25.3 Å². The van der Waals surface area contributed by atoms with Crippen molar-refractivity contribution in [3.8, 4) is 0 Å². The Morgan fingerprint density at radius 2 is 1.46 bits per heavy atom. The minimum atomic E-state index is -3.88. The maximum Gasteiger partial charge on any atom is 0.297 e. The first-order valence-corrected chi connectivity index (χ1v) is 8.73. The molecular weight excluding hydrogens is 330 g/mol. The standard InChI is InChI=1S/C17H18NO5S/c1-13(19)16-9-6-10-17(14(2)20)18(16)11-12-23-24(21,22)15-7-4-3-5-8-15/h3-10H,11-12H2,1-2H3/q+1. The lowest BCUT2D eigenvalue weighted by Crippen LogP contribution is -2.47. The van der Waals surface area contributed by atoms with Crippen LogP contribution >= 0.6 is 0 Å². The van der Waals surface area contributed by atoms with Crippen LogP contribution in [0.4, 0.5) is 0 Å². The highest BCUT2D eigenvalue weighted by Gasteiger charge is 2.24. The zero-order chi connectivity index (χ0) is 17.7. The van der Waals surface area contributed by atoms with Gasteiger partial charge in [-0.15, -0.1) is 0 Å². The van der Waals surface area contributed by atoms with Crippen molar-refractivity contribution in [3.05, 3.63) is 59.9 Å². The fourth-order valence-electron chi connectivity index (χ4n) is 2.29. The van der Waals surface area contributed by atoms with Crippen molar-refractivity contribution in [1.29, 1.82) is 0 Å². The lowest BCUT2D eigenvalue weighted by Gasteiger charge is -2.07. The molecule has 0 spiro atoms. The minimum absolute atomic E-state index is 0.0571. The molecule has 0 N–H and O–H groups in total. The highest BCUT2D eigenvalue weighted by atomic mass is 32.2. The van der Waals surface area contributed by atoms with Crippen molar-refractivity contribution in [2.24, 2.45) is 0 Å². The van der Waals surface area contributed by atoms with E-state index in [1.165, 1.54) is 30.5 Å². The predicted octanol–water partition coefficient (Wildman–Crippen LogP) is 1.78. The van der Waals surface area contributed by atoms with Gasteiger partial charge in [-0.1, -0.05) is 18.2 Å². The third-order valence-electron chi connectivity index (χ3n) is 3.40. The Balaban J connectivity index is 2.21. The van der Waals surface area contributed by atoms with E-state index in [1.807, 2.05) is 0 Å². The number of carbonyl (C=O) groups excluding carboxylic acids is 2. The molecule has 0 unspecified atom stereocenters. The summed E-state index contributed by atoms with van der Waals surface area (Å²) in [6.07, 6.45) is 0. The highest BCUT2D eigenvalue weighted by molar-refractivity contribution is 7.86. The van der Waals surface area contributed by atoms with Crippen molar-refractivity contribution in [2.75, 3.05) is 6.61 Å². The first-order valence-electron chi connectivity index (χ1n) is 7.32. The van der Waals surface area contributed by atoms with E-state index in [2.05, 4.69) is 0 Å². The number of rotatable bonds is 7. The molecule has 0 fully saturated rings. The number of benzene rings is 1. The van der Waals surface area contributed by atoms with E-state index in [9.17, 15) is 18.0 Å². The lowest BCUT2D eigenvalue weighted by molar-refractivity contribution is -0.701. The maximum absolute atomic E-state index is 12.1. The molecule has 0 saturated carbocycles. The van der Waals surface area contributed by atoms with Gasteiger partial charge in [-0.25, -0.2) is 0 Å². The summed E-state index contributed by atoms with van der Waals surface area (Å²) in [6, 6.07) is 12.6. The van der Waals surface area contributed by atoms with Gasteiger partial charge in [0.05, 0.1) is 4.90 Å². The molecule has 1 aromatic heterocycles. The van der Waals surface area contributed by atoms with Gasteiger partial charge in [-0.3, -0.25) is 13.8 Å². The van der Waals surface area contributed by atoms with Crippen LogP contribution in [0.15, 0.2) is 53.4 Å². The van der Waals surface area contributed by atoms with Gasteiger partial charge < -0.3 is 0 Å². The smallest absolute Gasteiger partial charge is 0.288 e. The van der Waals surface area contributed by atoms with Crippen molar-refractivity contribution < 1.29 is 26.8 Å². The number of carbonyl (C=O) groups is 2. The van der Waals surface area contributed by atoms with E-state index in [1.54, 1.807) is 36.4 Å². The van der Waals surface area contributed by atoms with Gasteiger partial charge in [0.1, 0.15) is 6.61 Å². The predicted molar refractivity (Wildman–Crippen MR) is 86.2 cm³/mol. The number of hydrogen-bond donors (Lipinski definition) is 0. The molecule has 0 aliphatic heterocycles. The Labute approximate surface area is 140 Å². The van der Waals surface area contributed by atoms with Crippen molar-refractivity contribution >= 4 is 21.7 Å². The Bertz CT molecular complexity index is 828. The molecule has 0 amide bonds. The van der Waals surface area contributed by atoms with Crippen molar-refractivity contribution in [3.63, 3.8) is 0 Å². The Morgan fingerprint density at radius 1 is 0.917 bits per heavy atom. The third-order valence-corrected chi connectivity index (χ3v) is 4.72. The fourth-order valence-corrected chi connectivity index (χ4v) is 3.21. The Morgan fingerprint density at radius 3 is 1.96 bits per heavy atom. The molecule has 0 aliphatic rings. The van der Waals surface area contributed by atoms with Gasteiger partial charge in [0, 0.05) is 26.0 Å². The first kappa shape index (κ1) is 18.0. The van der Waals surface area contributed by atoms with Crippen LogP contribution in [0, 0.1) is 0 Å². The molecule has 7 heteroatoms. The summed E-state index contributed by atoms with van der Waals surface area (Å²) >= 11 is 0. The lowest BCUT2D eigenvalue weighted by atomic mass is 10.2. The Hall–Kier alpha value is -2.38. The summed E-state index contributed by atoms with van der Waals surface area (Å²) in [4.78, 5) is 23.5. The molecule has 0 aliphatic carbocycles. The van der Waals surface area contributed by atoms with Gasteiger partial charge in [-0.2, -0.15) is 13.0 Å². The molecule has 0 atom stereocenters. The minimum Gasteiger partial charge on any atom is -0.288 e. The van der Waals surface area contributed by atoms with Crippen molar-refractivity contribution in [1.82, 2.24) is 0 Å². The largest absolute Gasteiger partial charge is 0.297 e. The quantitative estimate of drug-likeness (QED) is 0.433. The van der Waals surface area contributed by atoms with Crippen LogP contribution < -0.4 is 4.57 Å². The van der Waals surface area contributed by atoms with Crippen LogP contribution in [0.3, 0.4) is 0 Å². The summed E-state index contributed by atoms with van der Waals surface area (Å²) < 4.78 is 30.7. The zero-order valence-electron chi connectivity index (χ0n) is 13.4. The van der Waals surface area contributed by atoms with Gasteiger partial charge in [0.15, 0.2) is 6.54 Å². The van der Waals surface area contributed by atoms with E-state index in [4.69, 9.17) is 4.18 Å². The average molecular weight is 348 g/mol. The molecule has 2 aromatic rings. The van der Waals surface area contributed by atoms with Crippen LogP contribution in [0.1, 0.15) is 34.8 Å². The van der Waals surface area contributed by atoms with Gasteiger partial charge in [0.2, 0.25) is 23.0 Å². The van der Waals surface area contributed by atoms with Crippen LogP contribution in [0.2, 0.25) is 0 Å². The molecule has 126 valence electrons. The molecule has 1 aromatic carbocycles. The second-order valence-electron chi connectivity index (χ2n) is 5.15. The summed E-state index contributed by atoms with van der Waals surface area (Å²) in [5, 5.41) is 0. The summed E-state index contributed by atoms with van der Waals surface area (Å²) in [5.74, 6) is -0.437. The zero-order valence-corrected chi connectivity index (χ0v) is 14.2. The van der Waals surface area contributed by atoms with Gasteiger partial charge >= 0.3 is 0 Å². The number of pyridine rings is 1. The summed E-state index contributed by atoms with van der Waals surface area (Å²) in [7, 11) is -3.88. The van der Waals surface area contributed by atoms with E-state index >= 15 is 0 Å². The monoisotopic (exact) mass is 348 g/mol. The van der Waals surface area contributed by atoms with E-state index in [-0.39, 0.29) is 29.6 Å². The number of hydrogen-bond acceptors (Lipinski definition) is 5. The molecule has 2 rings (SSSR count). The molecule has 0 radical (unpaired) electrons. The van der Waals surface area contributed by atoms with Gasteiger partial charge in [-0.05, 0) is 18.2 Å². The number of nitrogens with zero attached hydrogens (tertiary/aromatic N) is 1. The summed E-state index contributed by atoms with van der Waals surface area (Å²) in [6.45, 7) is 2.65. The topological polar surface area (TPSA) is 81.4 Å². The Kier molecular flexibility index (Phi) is 5.58. The maximum atomic E-state index is 12.1. The van der Waals surface area contributed by atoms with E-state index in [0.29, 0.717) is 11.4 Å². The average Bonchev–Trinajstić information content (AvgIpc) is 2.55. The first-order chi connectivity index (χ1) is 11.3. The van der Waals surface area contributed by atoms with Crippen LogP contribution in [-0.2, 0) is 20.8 Å². The second kappa shape index (κ2) is 7.46. The normalized spacial score (nSPS) is 11.2. The van der Waals surface area contributed by atoms with E-state index in [0.717, 1.165) is 0 Å². The molecule has 1 heterocycles. The highest BCUT2D eigenvalue weighted by Crippen LogP contribution is 2.11. The fraction of sp³-hybridized carbons (Fsp3) is 0.235. The number of Topliss-reactive ketones (excluding diaryl/α,β-unsaturated/α-hetero) is 2. The molecule has 0 saturated heterocycles. The van der Waals surface area contributed by atoms with Crippen LogP contribution in [-0.4, -0.2) is 26.6 Å². The molecule has 24 heavy (non-hydrogen) atoms.